The van der Waals surface area contributed by atoms with E-state index in [0.29, 0.717) is 29.7 Å². The molecule has 7 heteroatoms. The molecule has 0 bridgehead atoms. The Morgan fingerprint density at radius 2 is 2.12 bits per heavy atom. The number of pyridine rings is 1. The number of amides is 1. The molecule has 1 aliphatic heterocycles. The molecule has 0 aliphatic carbocycles. The summed E-state index contributed by atoms with van der Waals surface area (Å²) in [6.07, 6.45) is 1.28. The second kappa shape index (κ2) is 7.88. The summed E-state index contributed by atoms with van der Waals surface area (Å²) in [6.45, 7) is 1.57. The Balaban J connectivity index is 1.59. The first kappa shape index (κ1) is 17.1. The van der Waals surface area contributed by atoms with Gasteiger partial charge in [0.2, 0.25) is 5.91 Å². The van der Waals surface area contributed by atoms with E-state index in [1.54, 1.807) is 23.1 Å². The van der Waals surface area contributed by atoms with Crippen LogP contribution in [0.5, 0.6) is 0 Å². The van der Waals surface area contributed by atoms with Crippen molar-refractivity contribution in [1.82, 2.24) is 4.90 Å². The number of hydrogen-bond acceptors (Lipinski definition) is 4. The van der Waals surface area contributed by atoms with Gasteiger partial charge in [-0.2, -0.15) is 4.73 Å². The Labute approximate surface area is 149 Å². The first-order chi connectivity index (χ1) is 11.6. The Morgan fingerprint density at radius 3 is 2.88 bits per heavy atom. The maximum absolute atomic E-state index is 12.4. The Kier molecular flexibility index (Phi) is 5.60. The number of morpholine rings is 1. The number of thioether (sulfide) groups is 1. The molecular formula is C17H17ClN2O3S. The molecule has 0 spiro atoms. The highest BCUT2D eigenvalue weighted by molar-refractivity contribution is 7.99. The fraction of sp³-hybridized carbons (Fsp3) is 0.294. The van der Waals surface area contributed by atoms with Crippen LogP contribution in [0.3, 0.4) is 0 Å². The molecule has 0 N–H and O–H groups in total. The lowest BCUT2D eigenvalue weighted by Crippen LogP contribution is -2.43. The van der Waals surface area contributed by atoms with Gasteiger partial charge in [-0.1, -0.05) is 23.7 Å². The smallest absolute Gasteiger partial charge is 0.251 e. The van der Waals surface area contributed by atoms with E-state index >= 15 is 0 Å². The third kappa shape index (κ3) is 4.20. The van der Waals surface area contributed by atoms with E-state index in [1.807, 2.05) is 24.3 Å². The quantitative estimate of drug-likeness (QED) is 0.475. The van der Waals surface area contributed by atoms with Gasteiger partial charge in [0.05, 0.1) is 18.9 Å². The lowest BCUT2D eigenvalue weighted by Gasteiger charge is -2.33. The van der Waals surface area contributed by atoms with Crippen molar-refractivity contribution < 1.29 is 14.3 Å². The molecule has 0 saturated carbocycles. The number of ether oxygens (including phenoxy) is 1. The first-order valence-electron chi connectivity index (χ1n) is 7.59. The van der Waals surface area contributed by atoms with Crippen molar-refractivity contribution in [1.29, 1.82) is 0 Å². The highest BCUT2D eigenvalue weighted by Crippen LogP contribution is 2.24. The first-order valence-corrected chi connectivity index (χ1v) is 8.95. The van der Waals surface area contributed by atoms with Gasteiger partial charge in [-0.25, -0.2) is 0 Å². The van der Waals surface area contributed by atoms with Crippen LogP contribution in [0.4, 0.5) is 0 Å². The summed E-state index contributed by atoms with van der Waals surface area (Å²) in [5, 5.41) is 12.8. The Hall–Kier alpha value is -1.76. The van der Waals surface area contributed by atoms with Gasteiger partial charge < -0.3 is 14.8 Å². The number of aromatic nitrogens is 1. The van der Waals surface area contributed by atoms with Crippen molar-refractivity contribution in [3.8, 4) is 0 Å². The van der Waals surface area contributed by atoms with Crippen molar-refractivity contribution in [3.63, 3.8) is 0 Å². The summed E-state index contributed by atoms with van der Waals surface area (Å²) in [5.74, 6) is 0.241. The van der Waals surface area contributed by atoms with E-state index in [0.717, 1.165) is 10.3 Å². The normalized spacial score (nSPS) is 17.7. The van der Waals surface area contributed by atoms with Crippen LogP contribution in [0.15, 0.2) is 53.7 Å². The van der Waals surface area contributed by atoms with Gasteiger partial charge in [0.15, 0.2) is 6.20 Å². The predicted molar refractivity (Wildman–Crippen MR) is 92.9 cm³/mol. The molecule has 1 amide bonds. The van der Waals surface area contributed by atoms with Crippen LogP contribution in [-0.4, -0.2) is 36.3 Å². The third-order valence-corrected chi connectivity index (χ3v) is 5.05. The summed E-state index contributed by atoms with van der Waals surface area (Å²) < 4.78 is 6.54. The maximum Gasteiger partial charge on any atom is 0.251 e. The molecule has 1 aliphatic rings. The van der Waals surface area contributed by atoms with Crippen LogP contribution in [0.2, 0.25) is 5.02 Å². The minimum Gasteiger partial charge on any atom is -0.618 e. The van der Waals surface area contributed by atoms with Gasteiger partial charge in [0.25, 0.3) is 5.03 Å². The van der Waals surface area contributed by atoms with E-state index in [-0.39, 0.29) is 17.8 Å². The summed E-state index contributed by atoms with van der Waals surface area (Å²) in [7, 11) is 0. The Bertz CT molecular complexity index is 711. The second-order valence-corrected chi connectivity index (χ2v) is 6.84. The number of carbonyl (C=O) groups is 1. The number of rotatable bonds is 4. The average molecular weight is 365 g/mol. The van der Waals surface area contributed by atoms with Gasteiger partial charge in [-0.05, 0) is 35.5 Å². The van der Waals surface area contributed by atoms with Crippen molar-refractivity contribution >= 4 is 29.3 Å². The largest absolute Gasteiger partial charge is 0.618 e. The number of benzene rings is 1. The fourth-order valence-electron chi connectivity index (χ4n) is 2.51. The van der Waals surface area contributed by atoms with E-state index in [2.05, 4.69) is 0 Å². The maximum atomic E-state index is 12.4. The fourth-order valence-corrected chi connectivity index (χ4v) is 3.45. The summed E-state index contributed by atoms with van der Waals surface area (Å²) in [4.78, 5) is 14.2. The lowest BCUT2D eigenvalue weighted by molar-refractivity contribution is -0.645. The van der Waals surface area contributed by atoms with Crippen molar-refractivity contribution in [2.45, 2.75) is 11.1 Å². The van der Waals surface area contributed by atoms with Crippen LogP contribution < -0.4 is 4.73 Å². The standard InChI is InChI=1S/C17H17ClN2O3S/c18-14-6-4-13(5-7-14)15-11-19(9-10-23-15)16(21)12-24-17-3-1-2-8-20(17)22/h1-8,15H,9-12H2/t15-/m0/s1. The van der Waals surface area contributed by atoms with Gasteiger partial charge in [-0.3, -0.25) is 4.79 Å². The molecule has 2 aromatic rings. The molecule has 1 aromatic carbocycles. The molecule has 1 fully saturated rings. The molecule has 0 unspecified atom stereocenters. The molecule has 5 nitrogen and oxygen atoms in total. The number of nitrogens with zero attached hydrogens (tertiary/aromatic N) is 2. The number of hydrogen-bond donors (Lipinski definition) is 0. The molecule has 1 aromatic heterocycles. The van der Waals surface area contributed by atoms with Crippen LogP contribution >= 0.6 is 23.4 Å². The highest BCUT2D eigenvalue weighted by Gasteiger charge is 2.25. The highest BCUT2D eigenvalue weighted by atomic mass is 35.5. The van der Waals surface area contributed by atoms with Crippen molar-refractivity contribution in [2.24, 2.45) is 0 Å². The van der Waals surface area contributed by atoms with Gasteiger partial charge >= 0.3 is 0 Å². The molecular weight excluding hydrogens is 348 g/mol. The SMILES string of the molecule is O=C(CSc1cccc[n+]1[O-])N1CCO[C@H](c2ccc(Cl)cc2)C1. The molecule has 3 rings (SSSR count). The zero-order valence-electron chi connectivity index (χ0n) is 12.9. The lowest BCUT2D eigenvalue weighted by atomic mass is 10.1. The summed E-state index contributed by atoms with van der Waals surface area (Å²) in [6, 6.07) is 12.6. The summed E-state index contributed by atoms with van der Waals surface area (Å²) in [5.41, 5.74) is 1.00. The van der Waals surface area contributed by atoms with E-state index < -0.39 is 0 Å². The Morgan fingerprint density at radius 1 is 1.33 bits per heavy atom. The number of carbonyl (C=O) groups excluding carboxylic acids is 1. The zero-order chi connectivity index (χ0) is 16.9. The minimum absolute atomic E-state index is 0.00566. The van der Waals surface area contributed by atoms with E-state index in [4.69, 9.17) is 16.3 Å². The van der Waals surface area contributed by atoms with Gasteiger partial charge in [-0.15, -0.1) is 0 Å². The third-order valence-electron chi connectivity index (χ3n) is 3.79. The second-order valence-electron chi connectivity index (χ2n) is 5.40. The molecule has 0 radical (unpaired) electrons. The average Bonchev–Trinajstić information content (AvgIpc) is 2.61. The van der Waals surface area contributed by atoms with Crippen LogP contribution in [-0.2, 0) is 9.53 Å². The molecule has 126 valence electrons. The zero-order valence-corrected chi connectivity index (χ0v) is 14.5. The topological polar surface area (TPSA) is 56.5 Å². The van der Waals surface area contributed by atoms with Crippen LogP contribution in [0.25, 0.3) is 0 Å². The molecule has 24 heavy (non-hydrogen) atoms. The van der Waals surface area contributed by atoms with Crippen molar-refractivity contribution in [3.05, 3.63) is 64.5 Å². The predicted octanol–water partition coefficient (Wildman–Crippen LogP) is 2.67. The molecule has 1 saturated heterocycles. The minimum atomic E-state index is -0.147. The number of halogens is 1. The van der Waals surface area contributed by atoms with E-state index in [9.17, 15) is 10.0 Å². The van der Waals surface area contributed by atoms with Crippen molar-refractivity contribution in [2.75, 3.05) is 25.4 Å². The van der Waals surface area contributed by atoms with E-state index in [1.165, 1.54) is 18.0 Å². The van der Waals surface area contributed by atoms with Gasteiger partial charge in [0, 0.05) is 23.7 Å². The molecule has 1 atom stereocenters. The van der Waals surface area contributed by atoms with Gasteiger partial charge in [0.1, 0.15) is 6.10 Å². The van der Waals surface area contributed by atoms with Crippen LogP contribution in [0.1, 0.15) is 11.7 Å². The monoisotopic (exact) mass is 364 g/mol. The summed E-state index contributed by atoms with van der Waals surface area (Å²) >= 11 is 7.16. The van der Waals surface area contributed by atoms with Crippen LogP contribution in [0, 0.1) is 5.21 Å². The molecule has 2 heterocycles.